The van der Waals surface area contributed by atoms with Gasteiger partial charge in [-0.05, 0) is 60.7 Å². The predicted molar refractivity (Wildman–Crippen MR) is 134 cm³/mol. The van der Waals surface area contributed by atoms with Gasteiger partial charge in [-0.15, -0.1) is 11.3 Å². The van der Waals surface area contributed by atoms with E-state index in [1.165, 1.54) is 18.3 Å². The molecule has 0 radical (unpaired) electrons. The average Bonchev–Trinajstić information content (AvgIpc) is 3.06. The highest BCUT2D eigenvalue weighted by molar-refractivity contribution is 7.91. The van der Waals surface area contributed by atoms with E-state index in [0.717, 1.165) is 29.3 Å². The highest BCUT2D eigenvalue weighted by atomic mass is 35.5. The second kappa shape index (κ2) is 10.6. The molecule has 1 aliphatic heterocycles. The largest absolute Gasteiger partial charge is 0.391 e. The van der Waals surface area contributed by atoms with E-state index in [2.05, 4.69) is 0 Å². The number of halogens is 1. The molecular weight excluding hydrogens is 498 g/mol. The fourth-order valence-electron chi connectivity index (χ4n) is 4.29. The van der Waals surface area contributed by atoms with Crippen LogP contribution in [0.3, 0.4) is 0 Å². The number of carbonyl (C=O) groups excluding carboxylic acids is 2. The number of esters is 2. The summed E-state index contributed by atoms with van der Waals surface area (Å²) in [5, 5.41) is 1.42. The van der Waals surface area contributed by atoms with Gasteiger partial charge in [0.2, 0.25) is 0 Å². The minimum absolute atomic E-state index is 0.173. The van der Waals surface area contributed by atoms with Crippen LogP contribution in [-0.2, 0) is 29.1 Å². The predicted octanol–water partition coefficient (Wildman–Crippen LogP) is 5.32. The van der Waals surface area contributed by atoms with Gasteiger partial charge in [0.15, 0.2) is 6.10 Å². The van der Waals surface area contributed by atoms with Gasteiger partial charge in [0, 0.05) is 35.8 Å². The van der Waals surface area contributed by atoms with E-state index < -0.39 is 33.5 Å². The Kier molecular flexibility index (Phi) is 8.46. The monoisotopic (exact) mass is 529 g/mol. The molecule has 10 heteroatoms. The molecule has 2 unspecified atom stereocenters. The van der Waals surface area contributed by atoms with E-state index in [-0.39, 0.29) is 12.6 Å². The lowest BCUT2D eigenvalue weighted by molar-refractivity contribution is -0.172. The molecule has 1 aromatic heterocycles. The summed E-state index contributed by atoms with van der Waals surface area (Å²) in [5.41, 5.74) is 0.128. The fourth-order valence-corrected chi connectivity index (χ4v) is 8.04. The average molecular weight is 530 g/mol. The van der Waals surface area contributed by atoms with E-state index in [9.17, 15) is 18.0 Å². The summed E-state index contributed by atoms with van der Waals surface area (Å²) in [7, 11) is -3.71. The van der Waals surface area contributed by atoms with Gasteiger partial charge in [0.1, 0.15) is 4.21 Å². The van der Waals surface area contributed by atoms with Crippen molar-refractivity contribution in [3.05, 3.63) is 28.8 Å². The van der Waals surface area contributed by atoms with Gasteiger partial charge in [-0.2, -0.15) is 4.31 Å². The first-order valence-corrected chi connectivity index (χ1v) is 14.0. The van der Waals surface area contributed by atoms with E-state index in [1.54, 1.807) is 16.4 Å². The molecule has 2 aromatic rings. The highest BCUT2D eigenvalue weighted by Gasteiger charge is 2.38. The van der Waals surface area contributed by atoms with Gasteiger partial charge in [-0.3, -0.25) is 4.79 Å². The molecule has 2 heterocycles. The number of fused-ring (bicyclic) bond motifs is 1. The van der Waals surface area contributed by atoms with E-state index in [0.29, 0.717) is 27.8 Å². The molecule has 188 valence electrons. The summed E-state index contributed by atoms with van der Waals surface area (Å²) in [6, 6.07) is 5.18. The Morgan fingerprint density at radius 2 is 1.97 bits per heavy atom. The Labute approximate surface area is 210 Å². The number of aryl methyl sites for hydroxylation is 1. The van der Waals surface area contributed by atoms with Crippen LogP contribution >= 0.6 is 22.9 Å². The third-order valence-electron chi connectivity index (χ3n) is 5.95. The zero-order valence-corrected chi connectivity index (χ0v) is 22.6. The molecule has 2 atom stereocenters. The third-order valence-corrected chi connectivity index (χ3v) is 10.0. The van der Waals surface area contributed by atoms with Crippen molar-refractivity contribution >= 4 is 55.0 Å². The summed E-state index contributed by atoms with van der Waals surface area (Å²) >= 11 is 7.39. The lowest BCUT2D eigenvalue weighted by atomic mass is 9.89. The molecule has 1 fully saturated rings. The Balaban J connectivity index is 1.78. The first-order chi connectivity index (χ1) is 15.8. The van der Waals surface area contributed by atoms with E-state index >= 15 is 0 Å². The Morgan fingerprint density at radius 3 is 2.62 bits per heavy atom. The van der Waals surface area contributed by atoms with Crippen LogP contribution in [-0.4, -0.2) is 50.0 Å². The number of benzene rings is 1. The van der Waals surface area contributed by atoms with Crippen LogP contribution in [0.2, 0.25) is 5.02 Å². The van der Waals surface area contributed by atoms with Gasteiger partial charge in [-0.25, -0.2) is 13.2 Å². The molecule has 0 spiro atoms. The minimum Gasteiger partial charge on any atom is -0.391 e. The second-order valence-corrected chi connectivity index (χ2v) is 13.3. The summed E-state index contributed by atoms with van der Waals surface area (Å²) in [6.45, 7) is 9.08. The van der Waals surface area contributed by atoms with Gasteiger partial charge >= 0.3 is 11.9 Å². The maximum Gasteiger partial charge on any atom is 0.343 e. The van der Waals surface area contributed by atoms with Crippen LogP contribution in [0.4, 0.5) is 0 Å². The molecule has 0 amide bonds. The Morgan fingerprint density at radius 1 is 1.26 bits per heavy atom. The number of nitrogens with zero attached hydrogens (tertiary/aromatic N) is 1. The quantitative estimate of drug-likeness (QED) is 0.356. The lowest BCUT2D eigenvalue weighted by Crippen LogP contribution is -2.45. The lowest BCUT2D eigenvalue weighted by Gasteiger charge is -2.35. The smallest absolute Gasteiger partial charge is 0.343 e. The normalized spacial score (nSPS) is 18.7. The summed E-state index contributed by atoms with van der Waals surface area (Å²) in [5.74, 6) is -1.42. The maximum absolute atomic E-state index is 13.7. The number of piperidine rings is 1. The number of hydrogen-bond acceptors (Lipinski definition) is 7. The molecule has 1 saturated heterocycles. The summed E-state index contributed by atoms with van der Waals surface area (Å²) in [6.07, 6.45) is 1.94. The van der Waals surface area contributed by atoms with Crippen LogP contribution in [0.15, 0.2) is 22.4 Å². The van der Waals surface area contributed by atoms with Gasteiger partial charge in [0.05, 0.1) is 0 Å². The topological polar surface area (TPSA) is 90.0 Å². The van der Waals surface area contributed by atoms with Crippen molar-refractivity contribution in [1.82, 2.24) is 4.31 Å². The maximum atomic E-state index is 13.7. The first-order valence-electron chi connectivity index (χ1n) is 11.4. The molecule has 0 bridgehead atoms. The zero-order valence-electron chi connectivity index (χ0n) is 20.2. The molecule has 7 nitrogen and oxygen atoms in total. The van der Waals surface area contributed by atoms with Crippen molar-refractivity contribution in [2.75, 3.05) is 13.2 Å². The highest BCUT2D eigenvalue weighted by Crippen LogP contribution is 2.39. The molecule has 3 rings (SSSR count). The van der Waals surface area contributed by atoms with Crippen LogP contribution in [0.5, 0.6) is 0 Å². The van der Waals surface area contributed by atoms with Gasteiger partial charge in [-0.1, -0.05) is 38.8 Å². The van der Waals surface area contributed by atoms with Crippen molar-refractivity contribution in [3.8, 4) is 0 Å². The third kappa shape index (κ3) is 5.99. The van der Waals surface area contributed by atoms with Crippen molar-refractivity contribution in [2.24, 2.45) is 5.41 Å². The van der Waals surface area contributed by atoms with E-state index in [4.69, 9.17) is 21.1 Å². The number of thiophene rings is 1. The molecule has 1 aromatic carbocycles. The van der Waals surface area contributed by atoms with Gasteiger partial charge < -0.3 is 9.47 Å². The zero-order chi connectivity index (χ0) is 25.3. The Hall–Kier alpha value is -1.52. The number of rotatable bonds is 7. The van der Waals surface area contributed by atoms with Crippen LogP contribution in [0.1, 0.15) is 58.9 Å². The van der Waals surface area contributed by atoms with Crippen LogP contribution in [0, 0.1) is 12.3 Å². The second-order valence-electron chi connectivity index (χ2n) is 9.74. The molecule has 0 N–H and O–H groups in total. The number of hydrogen-bond donors (Lipinski definition) is 0. The molecule has 34 heavy (non-hydrogen) atoms. The number of carbonyl (C=O) groups is 2. The van der Waals surface area contributed by atoms with E-state index in [1.807, 2.05) is 33.8 Å². The van der Waals surface area contributed by atoms with Crippen molar-refractivity contribution in [3.63, 3.8) is 0 Å². The van der Waals surface area contributed by atoms with Crippen LogP contribution < -0.4 is 0 Å². The van der Waals surface area contributed by atoms with Gasteiger partial charge in [0.25, 0.3) is 10.0 Å². The summed E-state index contributed by atoms with van der Waals surface area (Å²) < 4.78 is 40.8. The van der Waals surface area contributed by atoms with Crippen molar-refractivity contribution < 1.29 is 27.5 Å². The molecule has 0 saturated carbocycles. The first kappa shape index (κ1) is 27.1. The Bertz CT molecular complexity index is 1170. The van der Waals surface area contributed by atoms with Crippen LogP contribution in [0.25, 0.3) is 10.1 Å². The van der Waals surface area contributed by atoms with Crippen molar-refractivity contribution in [2.45, 2.75) is 76.7 Å². The SMILES string of the molecule is CC(=O)OC(=O)C(OCCC1CCCCN1S(=O)(=O)c1sc2ccc(Cl)cc2c1C)C(C)(C)C. The fraction of sp³-hybridized carbons (Fsp3) is 0.583. The minimum atomic E-state index is -3.71. The molecule has 1 aliphatic rings. The molecular formula is C24H32ClNO6S2. The molecule has 0 aliphatic carbocycles. The number of sulfonamides is 1. The standard InChI is InChI=1S/C24H32ClNO6S2/c1-15-19-14-17(25)9-10-20(19)33-23(15)34(29,30)26-12-7-6-8-18(26)11-13-31-21(24(3,4)5)22(28)32-16(2)27/h9-10,14,18,21H,6-8,11-13H2,1-5H3. The number of ether oxygens (including phenoxy) is 2. The summed E-state index contributed by atoms with van der Waals surface area (Å²) in [4.78, 5) is 23.6. The van der Waals surface area contributed by atoms with Crippen molar-refractivity contribution in [1.29, 1.82) is 0 Å².